The number of carboxylic acid groups (broad SMARTS) is 1. The van der Waals surface area contributed by atoms with Gasteiger partial charge in [0.15, 0.2) is 12.3 Å². The predicted molar refractivity (Wildman–Crippen MR) is 117 cm³/mol. The molecule has 2 aliphatic heterocycles. The third kappa shape index (κ3) is 6.66. The van der Waals surface area contributed by atoms with E-state index in [-0.39, 0.29) is 23.9 Å². The molecule has 216 valence electrons. The molecule has 2 rings (SSSR count). The van der Waals surface area contributed by atoms with Gasteiger partial charge in [0.05, 0.1) is 40.3 Å². The summed E-state index contributed by atoms with van der Waals surface area (Å²) in [6.07, 6.45) is -15.2. The number of rotatable bonds is 11. The molecular formula is C21H38N2O14. The van der Waals surface area contributed by atoms with E-state index in [0.29, 0.717) is 4.90 Å². The highest BCUT2D eigenvalue weighted by Crippen LogP contribution is 2.34. The zero-order valence-electron chi connectivity index (χ0n) is 20.9. The molecule has 16 nitrogen and oxygen atoms in total. The van der Waals surface area contributed by atoms with Crippen LogP contribution < -0.4 is 5.11 Å². The average Bonchev–Trinajstić information content (AvgIpc) is 3.07. The molecule has 37 heavy (non-hydrogen) atoms. The second kappa shape index (κ2) is 12.4. The van der Waals surface area contributed by atoms with Crippen molar-refractivity contribution in [1.29, 1.82) is 0 Å². The van der Waals surface area contributed by atoms with Crippen LogP contribution in [-0.2, 0) is 19.0 Å². The van der Waals surface area contributed by atoms with Crippen LogP contribution in [0.25, 0.3) is 0 Å². The highest BCUT2D eigenvalue weighted by molar-refractivity contribution is 5.70. The molecule has 0 radical (unpaired) electrons. The minimum absolute atomic E-state index is 0.0130. The van der Waals surface area contributed by atoms with Gasteiger partial charge in [-0.3, -0.25) is 4.90 Å². The maximum atomic E-state index is 13.3. The molecule has 0 spiro atoms. The van der Waals surface area contributed by atoms with Crippen molar-refractivity contribution in [3.05, 3.63) is 0 Å². The molecule has 0 aromatic heterocycles. The summed E-state index contributed by atoms with van der Waals surface area (Å²) in [6.45, 7) is -3.10. The Kier molecular flexibility index (Phi) is 10.6. The lowest BCUT2D eigenvalue weighted by Gasteiger charge is -2.45. The Morgan fingerprint density at radius 1 is 0.973 bits per heavy atom. The van der Waals surface area contributed by atoms with E-state index in [9.17, 15) is 55.5 Å². The van der Waals surface area contributed by atoms with Crippen LogP contribution in [0.3, 0.4) is 0 Å². The third-order valence-electron chi connectivity index (χ3n) is 6.66. The Hall–Kier alpha value is -1.70. The SMILES string of the molecule is C[N+](C)(C)C(CCCN(C(=O)O[C@@]1(CO)O[C@H](CO)[C@@H](O)[C@@H]1O)[C@H]1O[C@H](CO)[C@@H](O)[C@H](O)[C@H]1O)C(=O)[O-]. The van der Waals surface area contributed by atoms with Gasteiger partial charge in [-0.05, 0) is 6.42 Å². The van der Waals surface area contributed by atoms with E-state index in [1.54, 1.807) is 21.1 Å². The smallest absolute Gasteiger partial charge is 0.414 e. The maximum absolute atomic E-state index is 13.3. The molecule has 16 heteroatoms. The number of ether oxygens (including phenoxy) is 3. The molecular weight excluding hydrogens is 504 g/mol. The fraction of sp³-hybridized carbons (Fsp3) is 0.905. The zero-order valence-corrected chi connectivity index (χ0v) is 20.9. The molecule has 0 bridgehead atoms. The number of hydrogen-bond donors (Lipinski definition) is 8. The van der Waals surface area contributed by atoms with E-state index in [4.69, 9.17) is 14.2 Å². The van der Waals surface area contributed by atoms with E-state index in [0.717, 1.165) is 0 Å². The van der Waals surface area contributed by atoms with Gasteiger partial charge in [0, 0.05) is 13.0 Å². The Bertz CT molecular complexity index is 779. The minimum atomic E-state index is -2.52. The molecule has 2 aliphatic rings. The molecule has 10 atom stereocenters. The molecule has 1 unspecified atom stereocenters. The number of nitrogens with zero attached hydrogens (tertiary/aromatic N) is 2. The van der Waals surface area contributed by atoms with Crippen LogP contribution in [0.1, 0.15) is 12.8 Å². The van der Waals surface area contributed by atoms with Crippen molar-refractivity contribution in [2.24, 2.45) is 0 Å². The van der Waals surface area contributed by atoms with Crippen molar-refractivity contribution in [1.82, 2.24) is 4.90 Å². The molecule has 0 saturated carbocycles. The lowest BCUT2D eigenvalue weighted by Crippen LogP contribution is -2.65. The van der Waals surface area contributed by atoms with E-state index < -0.39 is 92.7 Å². The van der Waals surface area contributed by atoms with Crippen LogP contribution >= 0.6 is 0 Å². The number of aliphatic hydroxyl groups is 8. The van der Waals surface area contributed by atoms with E-state index in [2.05, 4.69) is 0 Å². The van der Waals surface area contributed by atoms with Gasteiger partial charge in [-0.25, -0.2) is 4.79 Å². The Morgan fingerprint density at radius 3 is 2.03 bits per heavy atom. The minimum Gasteiger partial charge on any atom is -0.544 e. The normalized spacial score (nSPS) is 37.3. The Labute approximate surface area is 213 Å². The highest BCUT2D eigenvalue weighted by atomic mass is 16.8. The molecule has 2 heterocycles. The number of carbonyl (C=O) groups is 2. The van der Waals surface area contributed by atoms with Gasteiger partial charge >= 0.3 is 6.09 Å². The monoisotopic (exact) mass is 542 g/mol. The lowest BCUT2D eigenvalue weighted by atomic mass is 9.97. The molecule has 8 N–H and O–H groups in total. The number of carbonyl (C=O) groups excluding carboxylic acids is 2. The van der Waals surface area contributed by atoms with Gasteiger partial charge in [0.25, 0.3) is 5.79 Å². The first-order valence-corrected chi connectivity index (χ1v) is 11.7. The molecule has 0 aromatic rings. The highest BCUT2D eigenvalue weighted by Gasteiger charge is 2.58. The third-order valence-corrected chi connectivity index (χ3v) is 6.66. The number of aliphatic hydroxyl groups excluding tert-OH is 8. The summed E-state index contributed by atoms with van der Waals surface area (Å²) in [7, 11) is 4.87. The Balaban J connectivity index is 2.33. The summed E-state index contributed by atoms with van der Waals surface area (Å²) in [5, 5.41) is 91.5. The topological polar surface area (TPSA) is 250 Å². The first kappa shape index (κ1) is 31.5. The number of hydrogen-bond acceptors (Lipinski definition) is 14. The maximum Gasteiger partial charge on any atom is 0.414 e. The van der Waals surface area contributed by atoms with Gasteiger partial charge in [-0.2, -0.15) is 0 Å². The average molecular weight is 543 g/mol. The predicted octanol–water partition coefficient (Wildman–Crippen LogP) is -6.37. The zero-order chi connectivity index (χ0) is 28.3. The number of amides is 1. The molecule has 2 saturated heterocycles. The summed E-state index contributed by atoms with van der Waals surface area (Å²) in [4.78, 5) is 25.6. The van der Waals surface area contributed by atoms with Crippen molar-refractivity contribution in [3.8, 4) is 0 Å². The van der Waals surface area contributed by atoms with Crippen molar-refractivity contribution in [2.45, 2.75) is 73.6 Å². The van der Waals surface area contributed by atoms with Gasteiger partial charge < -0.3 is 69.4 Å². The van der Waals surface area contributed by atoms with Crippen molar-refractivity contribution < 1.29 is 74.2 Å². The largest absolute Gasteiger partial charge is 0.544 e. The fourth-order valence-corrected chi connectivity index (χ4v) is 4.40. The van der Waals surface area contributed by atoms with Crippen LogP contribution in [0, 0.1) is 0 Å². The van der Waals surface area contributed by atoms with E-state index in [1.807, 2.05) is 0 Å². The molecule has 2 fully saturated rings. The molecule has 0 aliphatic carbocycles. The molecule has 0 aromatic carbocycles. The number of likely N-dealkylation sites (N-methyl/N-ethyl adjacent to an activating group) is 1. The number of quaternary nitrogens is 1. The quantitative estimate of drug-likeness (QED) is 0.113. The van der Waals surface area contributed by atoms with Crippen LogP contribution in [0.4, 0.5) is 4.79 Å². The number of carboxylic acids is 1. The van der Waals surface area contributed by atoms with E-state index in [1.165, 1.54) is 0 Å². The van der Waals surface area contributed by atoms with Gasteiger partial charge in [0.2, 0.25) is 0 Å². The first-order chi connectivity index (χ1) is 17.1. The number of aliphatic carboxylic acids is 1. The summed E-state index contributed by atoms with van der Waals surface area (Å²) >= 11 is 0. The summed E-state index contributed by atoms with van der Waals surface area (Å²) in [5.41, 5.74) is 0. The van der Waals surface area contributed by atoms with Crippen LogP contribution in [0.2, 0.25) is 0 Å². The second-order valence-electron chi connectivity index (χ2n) is 10.1. The fourth-order valence-electron chi connectivity index (χ4n) is 4.40. The van der Waals surface area contributed by atoms with Gasteiger partial charge in [-0.15, -0.1) is 0 Å². The van der Waals surface area contributed by atoms with Gasteiger partial charge in [-0.1, -0.05) is 0 Å². The van der Waals surface area contributed by atoms with Crippen LogP contribution in [0.15, 0.2) is 0 Å². The van der Waals surface area contributed by atoms with Crippen molar-refractivity contribution >= 4 is 12.1 Å². The summed E-state index contributed by atoms with van der Waals surface area (Å²) in [5.74, 6) is -3.87. The summed E-state index contributed by atoms with van der Waals surface area (Å²) < 4.78 is 15.8. The second-order valence-corrected chi connectivity index (χ2v) is 10.1. The Morgan fingerprint density at radius 2 is 1.57 bits per heavy atom. The summed E-state index contributed by atoms with van der Waals surface area (Å²) in [6, 6.07) is -1.00. The van der Waals surface area contributed by atoms with Crippen molar-refractivity contribution in [3.63, 3.8) is 0 Å². The van der Waals surface area contributed by atoms with Gasteiger partial charge in [0.1, 0.15) is 49.3 Å². The first-order valence-electron chi connectivity index (χ1n) is 11.7. The van der Waals surface area contributed by atoms with Crippen LogP contribution in [0.5, 0.6) is 0 Å². The standard InChI is InChI=1S/C21H38N2O14/c1-23(2,3)10(19(32)33)5-4-6-22(18-16(30)15(29)13(27)11(7-24)35-18)20(34)37-21(9-26)17(31)14(28)12(8-25)36-21/h10-18,24-31H,4-9H2,1-3H3/t10?,11-,12-,13-,14-,15+,16-,17+,18+,21-/m1/s1. The lowest BCUT2D eigenvalue weighted by molar-refractivity contribution is -0.889. The van der Waals surface area contributed by atoms with Crippen LogP contribution in [-0.4, -0.2) is 171 Å². The van der Waals surface area contributed by atoms with E-state index >= 15 is 0 Å². The molecule has 1 amide bonds. The van der Waals surface area contributed by atoms with Crippen molar-refractivity contribution in [2.75, 3.05) is 47.5 Å².